The highest BCUT2D eigenvalue weighted by Crippen LogP contribution is 2.37. The summed E-state index contributed by atoms with van der Waals surface area (Å²) < 4.78 is 0. The zero-order chi connectivity index (χ0) is 17.3. The van der Waals surface area contributed by atoms with Crippen molar-refractivity contribution in [1.82, 2.24) is 9.97 Å². The number of anilines is 3. The number of nitrogens with one attached hydrogen (secondary N) is 2. The SMILES string of the molecule is CCCc1cncnc1N1CCC2(CC1)Nc1ccccc1NC2=O. The van der Waals surface area contributed by atoms with Gasteiger partial charge in [0.05, 0.1) is 11.4 Å². The lowest BCUT2D eigenvalue weighted by Crippen LogP contribution is -2.58. The van der Waals surface area contributed by atoms with E-state index in [-0.39, 0.29) is 5.91 Å². The Morgan fingerprint density at radius 1 is 1.20 bits per heavy atom. The highest BCUT2D eigenvalue weighted by Gasteiger charge is 2.44. The van der Waals surface area contributed by atoms with Crippen molar-refractivity contribution < 1.29 is 4.79 Å². The minimum Gasteiger partial charge on any atom is -0.369 e. The minimum atomic E-state index is -0.525. The van der Waals surface area contributed by atoms with E-state index >= 15 is 0 Å². The zero-order valence-corrected chi connectivity index (χ0v) is 14.5. The van der Waals surface area contributed by atoms with Gasteiger partial charge in [0, 0.05) is 24.8 Å². The minimum absolute atomic E-state index is 0.0716. The van der Waals surface area contributed by atoms with Crippen molar-refractivity contribution in [3.05, 3.63) is 42.4 Å². The second-order valence-electron chi connectivity index (χ2n) is 6.82. The Balaban J connectivity index is 1.53. The maximum Gasteiger partial charge on any atom is 0.250 e. The lowest BCUT2D eigenvalue weighted by molar-refractivity contribution is -0.121. The molecule has 0 saturated carbocycles. The third-order valence-corrected chi connectivity index (χ3v) is 5.18. The number of carbonyl (C=O) groups is 1. The molecule has 1 spiro atoms. The van der Waals surface area contributed by atoms with Gasteiger partial charge in [-0.15, -0.1) is 0 Å². The number of aryl methyl sites for hydroxylation is 1. The number of piperidine rings is 1. The maximum atomic E-state index is 12.7. The lowest BCUT2D eigenvalue weighted by Gasteiger charge is -2.44. The third kappa shape index (κ3) is 2.81. The van der Waals surface area contributed by atoms with Crippen LogP contribution in [0.15, 0.2) is 36.8 Å². The molecule has 2 aliphatic heterocycles. The van der Waals surface area contributed by atoms with Gasteiger partial charge >= 0.3 is 0 Å². The molecule has 25 heavy (non-hydrogen) atoms. The van der Waals surface area contributed by atoms with Gasteiger partial charge in [-0.2, -0.15) is 0 Å². The van der Waals surface area contributed by atoms with E-state index in [1.807, 2.05) is 30.5 Å². The average molecular weight is 337 g/mol. The topological polar surface area (TPSA) is 70.2 Å². The van der Waals surface area contributed by atoms with E-state index in [0.29, 0.717) is 0 Å². The molecule has 0 atom stereocenters. The first kappa shape index (κ1) is 15.9. The summed E-state index contributed by atoms with van der Waals surface area (Å²) in [5.41, 5.74) is 2.53. The molecule has 4 rings (SSSR count). The molecule has 0 aliphatic carbocycles. The molecule has 0 radical (unpaired) electrons. The molecule has 0 unspecified atom stereocenters. The van der Waals surface area contributed by atoms with Gasteiger partial charge in [-0.1, -0.05) is 25.5 Å². The summed E-state index contributed by atoms with van der Waals surface area (Å²) in [6.07, 6.45) is 7.08. The monoisotopic (exact) mass is 337 g/mol. The number of amides is 1. The summed E-state index contributed by atoms with van der Waals surface area (Å²) in [6, 6.07) is 7.88. The normalized spacial score (nSPS) is 18.4. The van der Waals surface area contributed by atoms with Crippen LogP contribution in [0.1, 0.15) is 31.7 Å². The van der Waals surface area contributed by atoms with Crippen LogP contribution in [0.4, 0.5) is 17.2 Å². The summed E-state index contributed by atoms with van der Waals surface area (Å²) in [7, 11) is 0. The maximum absolute atomic E-state index is 12.7. The molecule has 2 aliphatic rings. The molecule has 6 nitrogen and oxygen atoms in total. The van der Waals surface area contributed by atoms with Crippen molar-refractivity contribution >= 4 is 23.1 Å². The Hall–Kier alpha value is -2.63. The number of hydrogen-bond acceptors (Lipinski definition) is 5. The second kappa shape index (κ2) is 6.35. The fourth-order valence-electron chi connectivity index (χ4n) is 3.79. The van der Waals surface area contributed by atoms with Crippen molar-refractivity contribution in [2.24, 2.45) is 0 Å². The summed E-state index contributed by atoms with van der Waals surface area (Å²) in [4.78, 5) is 23.7. The average Bonchev–Trinajstić information content (AvgIpc) is 2.64. The van der Waals surface area contributed by atoms with Crippen LogP contribution in [-0.2, 0) is 11.2 Å². The number of fused-ring (bicyclic) bond motifs is 1. The van der Waals surface area contributed by atoms with E-state index < -0.39 is 5.54 Å². The summed E-state index contributed by atoms with van der Waals surface area (Å²) in [5, 5.41) is 6.56. The van der Waals surface area contributed by atoms with E-state index in [4.69, 9.17) is 0 Å². The standard InChI is InChI=1S/C19H23N5O/c1-2-5-14-12-20-13-21-17(14)24-10-8-19(9-11-24)18(25)22-15-6-3-4-7-16(15)23-19/h3-4,6-7,12-13,23H,2,5,8-11H2,1H3,(H,22,25). The molecule has 6 heteroatoms. The Bertz CT molecular complexity index is 783. The van der Waals surface area contributed by atoms with Gasteiger partial charge in [0.25, 0.3) is 0 Å². The predicted octanol–water partition coefficient (Wildman–Crippen LogP) is 2.83. The summed E-state index contributed by atoms with van der Waals surface area (Å²) in [6.45, 7) is 3.77. The third-order valence-electron chi connectivity index (χ3n) is 5.18. The number of hydrogen-bond donors (Lipinski definition) is 2. The molecule has 130 valence electrons. The fourth-order valence-corrected chi connectivity index (χ4v) is 3.79. The van der Waals surface area contributed by atoms with E-state index in [1.165, 1.54) is 5.56 Å². The van der Waals surface area contributed by atoms with Gasteiger partial charge in [-0.05, 0) is 31.4 Å². The van der Waals surface area contributed by atoms with E-state index in [1.54, 1.807) is 6.33 Å². The Morgan fingerprint density at radius 2 is 1.96 bits per heavy atom. The van der Waals surface area contributed by atoms with Crippen LogP contribution in [-0.4, -0.2) is 34.5 Å². The van der Waals surface area contributed by atoms with Crippen LogP contribution in [0.2, 0.25) is 0 Å². The molecule has 3 heterocycles. The van der Waals surface area contributed by atoms with Crippen LogP contribution >= 0.6 is 0 Å². The zero-order valence-electron chi connectivity index (χ0n) is 14.5. The lowest BCUT2D eigenvalue weighted by atomic mass is 9.84. The quantitative estimate of drug-likeness (QED) is 0.901. The van der Waals surface area contributed by atoms with Gasteiger partial charge in [-0.25, -0.2) is 9.97 Å². The van der Waals surface area contributed by atoms with E-state index in [2.05, 4.69) is 32.4 Å². The van der Waals surface area contributed by atoms with Crippen LogP contribution in [0.25, 0.3) is 0 Å². The molecule has 2 N–H and O–H groups in total. The smallest absolute Gasteiger partial charge is 0.250 e. The Morgan fingerprint density at radius 3 is 2.72 bits per heavy atom. The molecule has 1 fully saturated rings. The number of carbonyl (C=O) groups excluding carboxylic acids is 1. The largest absolute Gasteiger partial charge is 0.369 e. The van der Waals surface area contributed by atoms with Gasteiger partial charge in [0.15, 0.2) is 0 Å². The molecule has 2 aromatic rings. The first-order chi connectivity index (χ1) is 12.2. The van der Waals surface area contributed by atoms with Gasteiger partial charge < -0.3 is 15.5 Å². The van der Waals surface area contributed by atoms with Crippen molar-refractivity contribution in [2.75, 3.05) is 28.6 Å². The summed E-state index contributed by atoms with van der Waals surface area (Å²) >= 11 is 0. The first-order valence-corrected chi connectivity index (χ1v) is 8.94. The number of para-hydroxylation sites is 2. The molecular weight excluding hydrogens is 314 g/mol. The highest BCUT2D eigenvalue weighted by atomic mass is 16.2. The summed E-state index contributed by atoms with van der Waals surface area (Å²) in [5.74, 6) is 1.09. The number of rotatable bonds is 3. The fraction of sp³-hybridized carbons (Fsp3) is 0.421. The van der Waals surface area contributed by atoms with Crippen molar-refractivity contribution in [1.29, 1.82) is 0 Å². The van der Waals surface area contributed by atoms with Crippen molar-refractivity contribution in [2.45, 2.75) is 38.1 Å². The van der Waals surface area contributed by atoms with E-state index in [9.17, 15) is 4.79 Å². The van der Waals surface area contributed by atoms with Crippen LogP contribution in [0.3, 0.4) is 0 Å². The van der Waals surface area contributed by atoms with Crippen LogP contribution < -0.4 is 15.5 Å². The first-order valence-electron chi connectivity index (χ1n) is 8.94. The number of benzene rings is 1. The molecule has 1 saturated heterocycles. The van der Waals surface area contributed by atoms with Crippen LogP contribution in [0, 0.1) is 0 Å². The molecule has 1 aromatic carbocycles. The molecule has 0 bridgehead atoms. The number of nitrogens with zero attached hydrogens (tertiary/aromatic N) is 3. The molecule has 1 aromatic heterocycles. The van der Waals surface area contributed by atoms with Crippen molar-refractivity contribution in [3.8, 4) is 0 Å². The predicted molar refractivity (Wildman–Crippen MR) is 98.9 cm³/mol. The number of aromatic nitrogens is 2. The van der Waals surface area contributed by atoms with Gasteiger partial charge in [0.2, 0.25) is 5.91 Å². The van der Waals surface area contributed by atoms with Gasteiger partial charge in [-0.3, -0.25) is 4.79 Å². The Labute approximate surface area is 147 Å². The highest BCUT2D eigenvalue weighted by molar-refractivity contribution is 6.06. The molecular formula is C19H23N5O. The van der Waals surface area contributed by atoms with E-state index in [0.717, 1.165) is 56.0 Å². The Kier molecular flexibility index (Phi) is 4.03. The molecule has 1 amide bonds. The van der Waals surface area contributed by atoms with Gasteiger partial charge in [0.1, 0.15) is 17.7 Å². The van der Waals surface area contributed by atoms with Crippen LogP contribution in [0.5, 0.6) is 0 Å². The van der Waals surface area contributed by atoms with Crippen molar-refractivity contribution in [3.63, 3.8) is 0 Å². The second-order valence-corrected chi connectivity index (χ2v) is 6.82.